The van der Waals surface area contributed by atoms with Gasteiger partial charge in [0.05, 0.1) is 15.6 Å². The van der Waals surface area contributed by atoms with Crippen LogP contribution in [-0.4, -0.2) is 22.5 Å². The highest BCUT2D eigenvalue weighted by molar-refractivity contribution is 6.37. The van der Waals surface area contributed by atoms with E-state index < -0.39 is 36.1 Å². The number of para-hydroxylation sites is 1. The Morgan fingerprint density at radius 3 is 2.39 bits per heavy atom. The number of hydrogen-bond donors (Lipinski definition) is 0. The summed E-state index contributed by atoms with van der Waals surface area (Å²) in [4.78, 5) is 15.3. The Balaban J connectivity index is 1.76. The van der Waals surface area contributed by atoms with Crippen LogP contribution in [0.4, 0.5) is 17.6 Å². The van der Waals surface area contributed by atoms with E-state index in [-0.39, 0.29) is 26.9 Å². The topological polar surface area (TPSA) is 65.2 Å². The lowest BCUT2D eigenvalue weighted by Crippen LogP contribution is -2.12. The predicted molar refractivity (Wildman–Crippen MR) is 91.0 cm³/mol. The van der Waals surface area contributed by atoms with Crippen LogP contribution in [0.2, 0.25) is 10.0 Å². The van der Waals surface area contributed by atoms with Crippen molar-refractivity contribution in [3.63, 3.8) is 0 Å². The molecular formula is C17H8Cl2F4N2O3. The third-order valence-corrected chi connectivity index (χ3v) is 4.06. The summed E-state index contributed by atoms with van der Waals surface area (Å²) in [7, 11) is 0. The van der Waals surface area contributed by atoms with Crippen molar-refractivity contribution < 1.29 is 31.6 Å². The lowest BCUT2D eigenvalue weighted by Gasteiger charge is -2.09. The van der Waals surface area contributed by atoms with Gasteiger partial charge in [0, 0.05) is 5.56 Å². The minimum Gasteiger partial charge on any atom is -0.482 e. The zero-order valence-corrected chi connectivity index (χ0v) is 15.1. The molecule has 0 N–H and O–H groups in total. The van der Waals surface area contributed by atoms with Gasteiger partial charge in [0.1, 0.15) is 5.82 Å². The fraction of sp³-hybridized carbons (Fsp3) is 0.118. The lowest BCUT2D eigenvalue weighted by molar-refractivity contribution is -0.159. The van der Waals surface area contributed by atoms with Crippen LogP contribution in [-0.2, 0) is 6.18 Å². The molecule has 0 amide bonds. The van der Waals surface area contributed by atoms with Crippen molar-refractivity contribution in [1.82, 2.24) is 10.1 Å². The van der Waals surface area contributed by atoms with E-state index in [0.29, 0.717) is 0 Å². The van der Waals surface area contributed by atoms with Crippen molar-refractivity contribution in [1.29, 1.82) is 0 Å². The van der Waals surface area contributed by atoms with Crippen LogP contribution in [0.5, 0.6) is 5.75 Å². The summed E-state index contributed by atoms with van der Waals surface area (Å²) >= 11 is 11.8. The van der Waals surface area contributed by atoms with E-state index >= 15 is 0 Å². The van der Waals surface area contributed by atoms with Gasteiger partial charge in [-0.3, -0.25) is 4.79 Å². The molecule has 28 heavy (non-hydrogen) atoms. The van der Waals surface area contributed by atoms with Gasteiger partial charge in [0.25, 0.3) is 0 Å². The Bertz CT molecular complexity index is 1020. The molecule has 0 fully saturated rings. The third kappa shape index (κ3) is 4.26. The number of aromatic nitrogens is 2. The fourth-order valence-electron chi connectivity index (χ4n) is 2.16. The first-order valence-electron chi connectivity index (χ1n) is 7.47. The van der Waals surface area contributed by atoms with Gasteiger partial charge >= 0.3 is 12.1 Å². The number of ketones is 1. The molecule has 0 saturated carbocycles. The Hall–Kier alpha value is -2.65. The molecule has 0 bridgehead atoms. The van der Waals surface area contributed by atoms with Crippen LogP contribution in [0.1, 0.15) is 16.2 Å². The number of ether oxygens (including phenoxy) is 1. The van der Waals surface area contributed by atoms with E-state index in [2.05, 4.69) is 14.7 Å². The maximum Gasteiger partial charge on any atom is 0.471 e. The monoisotopic (exact) mass is 434 g/mol. The first-order chi connectivity index (χ1) is 13.2. The van der Waals surface area contributed by atoms with Crippen molar-refractivity contribution in [3.8, 4) is 17.1 Å². The summed E-state index contributed by atoms with van der Waals surface area (Å²) in [6.07, 6.45) is -4.85. The van der Waals surface area contributed by atoms with Crippen molar-refractivity contribution in [2.24, 2.45) is 0 Å². The summed E-state index contributed by atoms with van der Waals surface area (Å²) in [5, 5.41) is 3.49. The van der Waals surface area contributed by atoms with Crippen molar-refractivity contribution in [2.45, 2.75) is 6.18 Å². The van der Waals surface area contributed by atoms with Crippen LogP contribution in [0.25, 0.3) is 11.4 Å². The summed E-state index contributed by atoms with van der Waals surface area (Å²) in [5.41, 5.74) is -0.435. The second kappa shape index (κ2) is 7.76. The van der Waals surface area contributed by atoms with Crippen LogP contribution < -0.4 is 4.74 Å². The molecule has 0 spiro atoms. The van der Waals surface area contributed by atoms with E-state index in [4.69, 9.17) is 27.9 Å². The number of benzene rings is 2. The Morgan fingerprint density at radius 1 is 1.14 bits per heavy atom. The van der Waals surface area contributed by atoms with Gasteiger partial charge in [-0.1, -0.05) is 40.5 Å². The van der Waals surface area contributed by atoms with Gasteiger partial charge in [-0.05, 0) is 24.3 Å². The van der Waals surface area contributed by atoms with Gasteiger partial charge in [-0.25, -0.2) is 4.39 Å². The maximum absolute atomic E-state index is 14.3. The molecule has 2 aromatic carbocycles. The smallest absolute Gasteiger partial charge is 0.471 e. The summed E-state index contributed by atoms with van der Waals surface area (Å²) in [5.74, 6) is -3.71. The second-order valence-corrected chi connectivity index (χ2v) is 6.19. The number of alkyl halides is 3. The molecule has 0 aliphatic rings. The number of carbonyl (C=O) groups is 1. The highest BCUT2D eigenvalue weighted by Crippen LogP contribution is 2.33. The van der Waals surface area contributed by atoms with E-state index in [9.17, 15) is 22.4 Å². The van der Waals surface area contributed by atoms with E-state index in [1.165, 1.54) is 18.2 Å². The molecule has 0 unspecified atom stereocenters. The average molecular weight is 435 g/mol. The SMILES string of the molecule is O=C(COc1c(Cl)cccc1Cl)c1ccc(-c2noc(C(F)(F)F)n2)c(F)c1. The lowest BCUT2D eigenvalue weighted by atomic mass is 10.1. The van der Waals surface area contributed by atoms with Crippen molar-refractivity contribution >= 4 is 29.0 Å². The van der Waals surface area contributed by atoms with Crippen LogP contribution in [0, 0.1) is 5.82 Å². The normalized spacial score (nSPS) is 11.5. The van der Waals surface area contributed by atoms with Gasteiger partial charge in [0.15, 0.2) is 18.1 Å². The molecule has 0 radical (unpaired) electrons. The molecule has 1 aromatic heterocycles. The van der Waals surface area contributed by atoms with Crippen LogP contribution >= 0.6 is 23.2 Å². The summed E-state index contributed by atoms with van der Waals surface area (Å²) in [6, 6.07) is 7.72. The zero-order valence-electron chi connectivity index (χ0n) is 13.6. The summed E-state index contributed by atoms with van der Waals surface area (Å²) < 4.78 is 61.1. The van der Waals surface area contributed by atoms with Gasteiger partial charge in [-0.15, -0.1) is 0 Å². The number of rotatable bonds is 5. The zero-order chi connectivity index (χ0) is 20.5. The molecule has 5 nitrogen and oxygen atoms in total. The number of Topliss-reactive ketones (excluding diaryl/α,β-unsaturated/α-hetero) is 1. The van der Waals surface area contributed by atoms with Crippen LogP contribution in [0.15, 0.2) is 40.9 Å². The minimum absolute atomic E-state index is 0.0797. The molecular weight excluding hydrogens is 427 g/mol. The highest BCUT2D eigenvalue weighted by Gasteiger charge is 2.38. The van der Waals surface area contributed by atoms with Gasteiger partial charge in [-0.2, -0.15) is 18.2 Å². The standard InChI is InChI=1S/C17H8Cl2F4N2O3/c18-10-2-1-3-11(19)14(10)27-7-13(26)8-4-5-9(12(20)6-8)15-24-16(28-25-15)17(21,22)23/h1-6H,7H2. The van der Waals surface area contributed by atoms with Gasteiger partial charge in [0.2, 0.25) is 5.82 Å². The van der Waals surface area contributed by atoms with E-state index in [0.717, 1.165) is 12.1 Å². The number of nitrogens with zero attached hydrogens (tertiary/aromatic N) is 2. The van der Waals surface area contributed by atoms with Crippen LogP contribution in [0.3, 0.4) is 0 Å². The van der Waals surface area contributed by atoms with E-state index in [1.54, 1.807) is 6.07 Å². The molecule has 11 heteroatoms. The Labute approximate surface area is 164 Å². The predicted octanol–water partition coefficient (Wildman–Crippen LogP) is 5.46. The molecule has 146 valence electrons. The van der Waals surface area contributed by atoms with Crippen molar-refractivity contribution in [3.05, 3.63) is 63.7 Å². The molecule has 3 rings (SSSR count). The van der Waals surface area contributed by atoms with Crippen molar-refractivity contribution in [2.75, 3.05) is 6.61 Å². The summed E-state index contributed by atoms with van der Waals surface area (Å²) in [6.45, 7) is -0.483. The molecule has 3 aromatic rings. The third-order valence-electron chi connectivity index (χ3n) is 3.47. The highest BCUT2D eigenvalue weighted by atomic mass is 35.5. The molecule has 0 aliphatic carbocycles. The molecule has 1 heterocycles. The number of carbonyl (C=O) groups excluding carboxylic acids is 1. The van der Waals surface area contributed by atoms with Gasteiger partial charge < -0.3 is 9.26 Å². The van der Waals surface area contributed by atoms with E-state index in [1.807, 2.05) is 0 Å². The fourth-order valence-corrected chi connectivity index (χ4v) is 2.67. The maximum atomic E-state index is 14.3. The largest absolute Gasteiger partial charge is 0.482 e. The second-order valence-electron chi connectivity index (χ2n) is 5.38. The Kier molecular flexibility index (Phi) is 5.57. The molecule has 0 saturated heterocycles. The number of hydrogen-bond acceptors (Lipinski definition) is 5. The Morgan fingerprint density at radius 2 is 1.82 bits per heavy atom. The first-order valence-corrected chi connectivity index (χ1v) is 8.23. The molecule has 0 aliphatic heterocycles. The first kappa shape index (κ1) is 20.1. The number of halogens is 6. The molecule has 0 atom stereocenters. The quantitative estimate of drug-likeness (QED) is 0.393. The minimum atomic E-state index is -4.85. The average Bonchev–Trinajstić information content (AvgIpc) is 3.11.